The van der Waals surface area contributed by atoms with Crippen LogP contribution in [0.15, 0.2) is 99.4 Å². The van der Waals surface area contributed by atoms with E-state index in [9.17, 15) is 13.2 Å². The Morgan fingerprint density at radius 2 is 1.78 bits per heavy atom. The molecule has 1 amide bonds. The monoisotopic (exact) mass is 567 g/mol. The van der Waals surface area contributed by atoms with E-state index in [1.165, 1.54) is 23.1 Å². The van der Waals surface area contributed by atoms with E-state index in [4.69, 9.17) is 4.74 Å². The Bertz CT molecular complexity index is 1620. The summed E-state index contributed by atoms with van der Waals surface area (Å²) in [6.45, 7) is 0. The van der Waals surface area contributed by atoms with Gasteiger partial charge in [-0.05, 0) is 59.5 Å². The number of ether oxygens (including phenoxy) is 1. The van der Waals surface area contributed by atoms with E-state index in [-0.39, 0.29) is 10.1 Å². The minimum absolute atomic E-state index is 0.204. The number of nitrogens with zero attached hydrogens (tertiary/aromatic N) is 1. The molecule has 0 aliphatic heterocycles. The molecule has 1 atom stereocenters. The molecule has 188 valence electrons. The largest absolute Gasteiger partial charge is 0.497 e. The van der Waals surface area contributed by atoms with Crippen molar-refractivity contribution < 1.29 is 17.9 Å². The molecule has 7 nitrogen and oxygen atoms in total. The number of thiazole rings is 1. The van der Waals surface area contributed by atoms with Gasteiger partial charge in [-0.25, -0.2) is 13.4 Å². The van der Waals surface area contributed by atoms with Crippen molar-refractivity contribution in [1.29, 1.82) is 0 Å². The first-order valence-corrected chi connectivity index (χ1v) is 15.1. The van der Waals surface area contributed by atoms with Crippen LogP contribution in [0.25, 0.3) is 10.2 Å². The summed E-state index contributed by atoms with van der Waals surface area (Å²) in [4.78, 5) is 18.8. The van der Waals surface area contributed by atoms with Crippen LogP contribution in [0.2, 0.25) is 0 Å². The van der Waals surface area contributed by atoms with Crippen LogP contribution in [0.3, 0.4) is 0 Å². The number of thioether (sulfide) groups is 1. The van der Waals surface area contributed by atoms with Gasteiger partial charge in [-0.2, -0.15) is 0 Å². The summed E-state index contributed by atoms with van der Waals surface area (Å²) < 4.78 is 34.0. The molecule has 5 aromatic rings. The summed E-state index contributed by atoms with van der Waals surface area (Å²) in [5.74, 6) is 0.526. The van der Waals surface area contributed by atoms with Gasteiger partial charge in [0, 0.05) is 10.6 Å². The van der Waals surface area contributed by atoms with Gasteiger partial charge in [-0.15, -0.1) is 23.1 Å². The van der Waals surface area contributed by atoms with Crippen LogP contribution in [0, 0.1) is 0 Å². The van der Waals surface area contributed by atoms with Gasteiger partial charge < -0.3 is 10.1 Å². The van der Waals surface area contributed by atoms with Crippen LogP contribution in [0.5, 0.6) is 5.75 Å². The van der Waals surface area contributed by atoms with E-state index in [1.807, 2.05) is 48.5 Å². The fourth-order valence-electron chi connectivity index (χ4n) is 3.52. The van der Waals surface area contributed by atoms with Crippen molar-refractivity contribution in [3.63, 3.8) is 0 Å². The van der Waals surface area contributed by atoms with Crippen LogP contribution < -0.4 is 14.8 Å². The van der Waals surface area contributed by atoms with E-state index in [2.05, 4.69) is 15.0 Å². The standard InChI is InChI=1S/C26H21N3O4S4/c1-33-19-11-14-21-22(16-19)36-26(27-21)28-25(30)24(17-6-3-2-4-7-17)35-20-12-9-18(10-13-20)29-37(31,32)23-8-5-15-34-23/h2-16,24,29H,1H3,(H,27,28,30). The third-order valence-electron chi connectivity index (χ3n) is 5.29. The Hall–Kier alpha value is -3.38. The number of fused-ring (bicyclic) bond motifs is 1. The van der Waals surface area contributed by atoms with Gasteiger partial charge in [0.25, 0.3) is 10.0 Å². The molecule has 0 saturated carbocycles. The highest BCUT2D eigenvalue weighted by Gasteiger charge is 2.23. The molecule has 0 spiro atoms. The molecular formula is C26H21N3O4S4. The van der Waals surface area contributed by atoms with E-state index < -0.39 is 15.3 Å². The van der Waals surface area contributed by atoms with Crippen molar-refractivity contribution in [3.8, 4) is 5.75 Å². The summed E-state index contributed by atoms with van der Waals surface area (Å²) in [7, 11) is -2.02. The Kier molecular flexibility index (Phi) is 7.47. The quantitative estimate of drug-likeness (QED) is 0.194. The average Bonchev–Trinajstić information content (AvgIpc) is 3.58. The number of benzene rings is 3. The highest BCUT2D eigenvalue weighted by molar-refractivity contribution is 8.00. The van der Waals surface area contributed by atoms with Crippen molar-refractivity contribution in [3.05, 3.63) is 95.9 Å². The predicted octanol–water partition coefficient (Wildman–Crippen LogP) is 6.64. The van der Waals surface area contributed by atoms with E-state index in [0.717, 1.165) is 37.8 Å². The maximum atomic E-state index is 13.4. The van der Waals surface area contributed by atoms with Crippen LogP contribution in [-0.4, -0.2) is 26.4 Å². The van der Waals surface area contributed by atoms with Crippen molar-refractivity contribution >= 4 is 71.4 Å². The second-order valence-electron chi connectivity index (χ2n) is 7.81. The first-order chi connectivity index (χ1) is 17.9. The molecule has 2 heterocycles. The number of carbonyl (C=O) groups is 1. The van der Waals surface area contributed by atoms with Gasteiger partial charge in [0.15, 0.2) is 5.13 Å². The number of nitrogens with one attached hydrogen (secondary N) is 2. The van der Waals surface area contributed by atoms with Gasteiger partial charge >= 0.3 is 0 Å². The molecule has 1 unspecified atom stereocenters. The van der Waals surface area contributed by atoms with Gasteiger partial charge in [-0.3, -0.25) is 9.52 Å². The maximum absolute atomic E-state index is 13.4. The molecule has 5 rings (SSSR count). The summed E-state index contributed by atoms with van der Waals surface area (Å²) in [5.41, 5.74) is 2.07. The molecule has 0 fully saturated rings. The second-order valence-corrected chi connectivity index (χ2v) is 12.9. The average molecular weight is 568 g/mol. The van der Waals surface area contributed by atoms with Crippen molar-refractivity contribution in [2.45, 2.75) is 14.4 Å². The highest BCUT2D eigenvalue weighted by Crippen LogP contribution is 2.38. The topological polar surface area (TPSA) is 97.4 Å². The number of hydrogen-bond donors (Lipinski definition) is 2. The zero-order chi connectivity index (χ0) is 25.8. The third-order valence-corrected chi connectivity index (χ3v) is 10.3. The normalized spacial score (nSPS) is 12.2. The molecule has 2 aromatic heterocycles. The fourth-order valence-corrected chi connectivity index (χ4v) is 7.49. The number of amides is 1. The molecule has 3 aromatic carbocycles. The summed E-state index contributed by atoms with van der Waals surface area (Å²) in [5, 5.41) is 4.64. The smallest absolute Gasteiger partial charge is 0.271 e. The maximum Gasteiger partial charge on any atom is 0.271 e. The molecule has 2 N–H and O–H groups in total. The number of anilines is 2. The molecule has 0 radical (unpaired) electrons. The number of sulfonamides is 1. The van der Waals surface area contributed by atoms with Gasteiger partial charge in [-0.1, -0.05) is 47.7 Å². The number of thiophene rings is 1. The van der Waals surface area contributed by atoms with E-state index in [0.29, 0.717) is 10.8 Å². The number of methoxy groups -OCH3 is 1. The van der Waals surface area contributed by atoms with Crippen LogP contribution in [-0.2, 0) is 14.8 Å². The minimum Gasteiger partial charge on any atom is -0.497 e. The first-order valence-electron chi connectivity index (χ1n) is 11.0. The molecule has 37 heavy (non-hydrogen) atoms. The SMILES string of the molecule is COc1ccc2nc(NC(=O)C(Sc3ccc(NS(=O)(=O)c4cccs4)cc3)c3ccccc3)sc2c1. The summed E-state index contributed by atoms with van der Waals surface area (Å²) in [6.07, 6.45) is 0. The van der Waals surface area contributed by atoms with Crippen molar-refractivity contribution in [2.75, 3.05) is 17.1 Å². The van der Waals surface area contributed by atoms with Gasteiger partial charge in [0.1, 0.15) is 15.2 Å². The van der Waals surface area contributed by atoms with Crippen molar-refractivity contribution in [1.82, 2.24) is 4.98 Å². The third kappa shape index (κ3) is 5.96. The zero-order valence-electron chi connectivity index (χ0n) is 19.5. The second kappa shape index (κ2) is 10.9. The molecule has 11 heteroatoms. The Balaban J connectivity index is 1.34. The molecular weight excluding hydrogens is 547 g/mol. The predicted molar refractivity (Wildman–Crippen MR) is 151 cm³/mol. The molecule has 0 saturated heterocycles. The fraction of sp³-hybridized carbons (Fsp3) is 0.0769. The highest BCUT2D eigenvalue weighted by atomic mass is 32.2. The Labute approximate surface area is 226 Å². The lowest BCUT2D eigenvalue weighted by Gasteiger charge is -2.16. The van der Waals surface area contributed by atoms with E-state index >= 15 is 0 Å². The van der Waals surface area contributed by atoms with E-state index in [1.54, 1.807) is 48.9 Å². The molecule has 0 aliphatic carbocycles. The molecule has 0 bridgehead atoms. The first kappa shape index (κ1) is 25.3. The zero-order valence-corrected chi connectivity index (χ0v) is 22.7. The summed E-state index contributed by atoms with van der Waals surface area (Å²) in [6, 6.07) is 25.3. The summed E-state index contributed by atoms with van der Waals surface area (Å²) >= 11 is 3.92. The van der Waals surface area contributed by atoms with Crippen LogP contribution in [0.1, 0.15) is 10.8 Å². The van der Waals surface area contributed by atoms with Crippen LogP contribution in [0.4, 0.5) is 10.8 Å². The number of aromatic nitrogens is 1. The van der Waals surface area contributed by atoms with Gasteiger partial charge in [0.2, 0.25) is 5.91 Å². The Morgan fingerprint density at radius 1 is 1.00 bits per heavy atom. The lowest BCUT2D eigenvalue weighted by Crippen LogP contribution is -2.18. The van der Waals surface area contributed by atoms with Crippen LogP contribution >= 0.6 is 34.4 Å². The van der Waals surface area contributed by atoms with Gasteiger partial charge in [0.05, 0.1) is 17.3 Å². The minimum atomic E-state index is -3.63. The number of hydrogen-bond acceptors (Lipinski definition) is 8. The Morgan fingerprint density at radius 3 is 2.49 bits per heavy atom. The number of rotatable bonds is 9. The molecule has 0 aliphatic rings. The lowest BCUT2D eigenvalue weighted by molar-refractivity contribution is -0.115. The van der Waals surface area contributed by atoms with Crippen molar-refractivity contribution in [2.24, 2.45) is 0 Å². The number of carbonyl (C=O) groups excluding carboxylic acids is 1. The lowest BCUT2D eigenvalue weighted by atomic mass is 10.1.